The fourth-order valence-corrected chi connectivity index (χ4v) is 3.63. The van der Waals surface area contributed by atoms with E-state index in [0.29, 0.717) is 5.57 Å². The third kappa shape index (κ3) is 2.26. The lowest BCUT2D eigenvalue weighted by atomic mass is 9.82. The second-order valence-electron chi connectivity index (χ2n) is 5.68. The number of nitrogens with zero attached hydrogens (tertiary/aromatic N) is 1. The summed E-state index contributed by atoms with van der Waals surface area (Å²) in [5.41, 5.74) is 8.48. The second-order valence-corrected chi connectivity index (χ2v) is 6.60. The van der Waals surface area contributed by atoms with Crippen LogP contribution in [0, 0.1) is 11.3 Å². The fourth-order valence-electron chi connectivity index (χ4n) is 3.22. The third-order valence-electron chi connectivity index (χ3n) is 4.29. The van der Waals surface area contributed by atoms with Crippen molar-refractivity contribution < 1.29 is 4.74 Å². The summed E-state index contributed by atoms with van der Waals surface area (Å²) in [6.45, 7) is 0. The van der Waals surface area contributed by atoms with Crippen LogP contribution in [-0.4, -0.2) is 0 Å². The highest BCUT2D eigenvalue weighted by Crippen LogP contribution is 2.45. The van der Waals surface area contributed by atoms with Gasteiger partial charge in [-0.25, -0.2) is 0 Å². The van der Waals surface area contributed by atoms with Crippen molar-refractivity contribution in [3.05, 3.63) is 87.7 Å². The molecule has 2 N–H and O–H groups in total. The first kappa shape index (κ1) is 14.8. The Bertz CT molecular complexity index is 1030. The smallest absolute Gasteiger partial charge is 0.205 e. The summed E-state index contributed by atoms with van der Waals surface area (Å²) >= 11 is 3.50. The van der Waals surface area contributed by atoms with E-state index in [9.17, 15) is 5.26 Å². The summed E-state index contributed by atoms with van der Waals surface area (Å²) in [6.07, 6.45) is 0. The zero-order valence-electron chi connectivity index (χ0n) is 12.7. The number of hydrogen-bond acceptors (Lipinski definition) is 3. The molecule has 3 aromatic carbocycles. The lowest BCUT2D eigenvalue weighted by Gasteiger charge is -2.27. The minimum Gasteiger partial charge on any atom is -0.440 e. The summed E-state index contributed by atoms with van der Waals surface area (Å²) in [7, 11) is 0. The van der Waals surface area contributed by atoms with Gasteiger partial charge in [-0.2, -0.15) is 5.26 Å². The fraction of sp³-hybridized carbons (Fsp3) is 0.0500. The van der Waals surface area contributed by atoms with Crippen LogP contribution >= 0.6 is 15.9 Å². The van der Waals surface area contributed by atoms with Gasteiger partial charge < -0.3 is 10.5 Å². The summed E-state index contributed by atoms with van der Waals surface area (Å²) < 4.78 is 6.82. The maximum atomic E-state index is 9.62. The van der Waals surface area contributed by atoms with Crippen LogP contribution in [0.3, 0.4) is 0 Å². The van der Waals surface area contributed by atoms with Gasteiger partial charge in [-0.3, -0.25) is 0 Å². The van der Waals surface area contributed by atoms with E-state index < -0.39 is 0 Å². The normalized spacial score (nSPS) is 16.4. The Labute approximate surface area is 148 Å². The van der Waals surface area contributed by atoms with Gasteiger partial charge in [0.2, 0.25) is 5.88 Å². The molecule has 0 aromatic heterocycles. The van der Waals surface area contributed by atoms with E-state index >= 15 is 0 Å². The molecule has 0 spiro atoms. The molecule has 0 fully saturated rings. The Morgan fingerprint density at radius 3 is 2.67 bits per heavy atom. The van der Waals surface area contributed by atoms with E-state index in [1.165, 1.54) is 0 Å². The number of hydrogen-bond donors (Lipinski definition) is 1. The molecule has 0 radical (unpaired) electrons. The molecule has 1 heterocycles. The highest BCUT2D eigenvalue weighted by molar-refractivity contribution is 9.10. The zero-order valence-corrected chi connectivity index (χ0v) is 14.2. The summed E-state index contributed by atoms with van der Waals surface area (Å²) in [4.78, 5) is 0. The predicted molar refractivity (Wildman–Crippen MR) is 97.4 cm³/mol. The first-order valence-corrected chi connectivity index (χ1v) is 8.33. The third-order valence-corrected chi connectivity index (χ3v) is 4.78. The van der Waals surface area contributed by atoms with Gasteiger partial charge in [-0.05, 0) is 23.1 Å². The second kappa shape index (κ2) is 5.70. The van der Waals surface area contributed by atoms with Crippen molar-refractivity contribution in [2.45, 2.75) is 5.92 Å². The maximum absolute atomic E-state index is 9.62. The van der Waals surface area contributed by atoms with Crippen LogP contribution in [0.2, 0.25) is 0 Å². The molecule has 3 aromatic rings. The van der Waals surface area contributed by atoms with Crippen molar-refractivity contribution in [3.8, 4) is 11.8 Å². The number of halogens is 1. The van der Waals surface area contributed by atoms with Gasteiger partial charge in [0.15, 0.2) is 0 Å². The van der Waals surface area contributed by atoms with E-state index in [1.807, 2.05) is 54.6 Å². The molecule has 1 aliphatic rings. The highest BCUT2D eigenvalue weighted by Gasteiger charge is 2.31. The number of ether oxygens (including phenoxy) is 1. The van der Waals surface area contributed by atoms with Gasteiger partial charge in [0.1, 0.15) is 17.4 Å². The summed E-state index contributed by atoms with van der Waals surface area (Å²) in [5.74, 6) is 0.668. The van der Waals surface area contributed by atoms with Crippen LogP contribution in [0.4, 0.5) is 0 Å². The monoisotopic (exact) mass is 376 g/mol. The zero-order chi connectivity index (χ0) is 16.7. The number of allylic oxidation sites excluding steroid dienone is 1. The van der Waals surface area contributed by atoms with Crippen LogP contribution < -0.4 is 10.5 Å². The lowest BCUT2D eigenvalue weighted by molar-refractivity contribution is 0.398. The Morgan fingerprint density at radius 2 is 1.88 bits per heavy atom. The standard InChI is InChI=1S/C20H13BrN2O/c21-14-6-3-5-13(10-14)18-16-9-8-12-4-1-2-7-15(12)19(16)24-20(23)17(18)11-22/h1-10,18H,23H2/t18-/m1/s1. The molecule has 0 amide bonds. The molecule has 0 saturated heterocycles. The van der Waals surface area contributed by atoms with Gasteiger partial charge in [-0.1, -0.05) is 64.5 Å². The van der Waals surface area contributed by atoms with Crippen LogP contribution in [0.15, 0.2) is 76.6 Å². The van der Waals surface area contributed by atoms with E-state index in [1.54, 1.807) is 0 Å². The van der Waals surface area contributed by atoms with Crippen LogP contribution in [0.5, 0.6) is 5.75 Å². The largest absolute Gasteiger partial charge is 0.440 e. The topological polar surface area (TPSA) is 59.0 Å². The Balaban J connectivity index is 2.02. The van der Waals surface area contributed by atoms with Crippen molar-refractivity contribution >= 4 is 26.7 Å². The number of fused-ring (bicyclic) bond motifs is 3. The average molecular weight is 377 g/mol. The van der Waals surface area contributed by atoms with Gasteiger partial charge >= 0.3 is 0 Å². The first-order chi connectivity index (χ1) is 11.7. The predicted octanol–water partition coefficient (Wildman–Crippen LogP) is 4.82. The Morgan fingerprint density at radius 1 is 1.04 bits per heavy atom. The molecule has 4 heteroatoms. The molecule has 0 unspecified atom stereocenters. The molecule has 24 heavy (non-hydrogen) atoms. The van der Waals surface area contributed by atoms with E-state index in [2.05, 4.69) is 28.1 Å². The molecule has 4 rings (SSSR count). The minimum atomic E-state index is -0.235. The van der Waals surface area contributed by atoms with Gasteiger partial charge in [-0.15, -0.1) is 0 Å². The van der Waals surface area contributed by atoms with Crippen molar-refractivity contribution in [1.29, 1.82) is 5.26 Å². The molecular formula is C20H13BrN2O. The van der Waals surface area contributed by atoms with Gasteiger partial charge in [0.25, 0.3) is 0 Å². The van der Waals surface area contributed by atoms with Crippen molar-refractivity contribution in [2.24, 2.45) is 5.73 Å². The van der Waals surface area contributed by atoms with Gasteiger partial charge in [0.05, 0.1) is 5.92 Å². The Kier molecular flexibility index (Phi) is 3.51. The van der Waals surface area contributed by atoms with Crippen molar-refractivity contribution in [3.63, 3.8) is 0 Å². The number of nitrogens with two attached hydrogens (primary N) is 1. The molecule has 0 saturated carbocycles. The number of rotatable bonds is 1. The molecule has 116 valence electrons. The van der Waals surface area contributed by atoms with Crippen molar-refractivity contribution in [2.75, 3.05) is 0 Å². The Hall–Kier alpha value is -2.77. The van der Waals surface area contributed by atoms with E-state index in [-0.39, 0.29) is 11.8 Å². The quantitative estimate of drug-likeness (QED) is 0.662. The van der Waals surface area contributed by atoms with Crippen LogP contribution in [0.25, 0.3) is 10.8 Å². The minimum absolute atomic E-state index is 0.173. The average Bonchev–Trinajstić information content (AvgIpc) is 2.60. The highest BCUT2D eigenvalue weighted by atomic mass is 79.9. The lowest BCUT2D eigenvalue weighted by Crippen LogP contribution is -2.21. The van der Waals surface area contributed by atoms with E-state index in [0.717, 1.165) is 32.1 Å². The van der Waals surface area contributed by atoms with Gasteiger partial charge in [0, 0.05) is 15.4 Å². The summed E-state index contributed by atoms with van der Waals surface area (Å²) in [6, 6.07) is 22.2. The molecule has 0 aliphatic carbocycles. The molecule has 1 aliphatic heterocycles. The molecule has 0 bridgehead atoms. The van der Waals surface area contributed by atoms with E-state index in [4.69, 9.17) is 10.5 Å². The van der Waals surface area contributed by atoms with Crippen molar-refractivity contribution in [1.82, 2.24) is 0 Å². The number of nitriles is 1. The first-order valence-electron chi connectivity index (χ1n) is 7.53. The molecule has 1 atom stereocenters. The maximum Gasteiger partial charge on any atom is 0.205 e. The SMILES string of the molecule is N#CC1=C(N)Oc2c(ccc3ccccc23)[C@H]1c1cccc(Br)c1. The number of benzene rings is 3. The van der Waals surface area contributed by atoms with Crippen LogP contribution in [0.1, 0.15) is 17.0 Å². The summed E-state index contributed by atoms with van der Waals surface area (Å²) in [5, 5.41) is 11.7. The van der Waals surface area contributed by atoms with Crippen LogP contribution in [-0.2, 0) is 0 Å². The molecule has 3 nitrogen and oxygen atoms in total. The molecular weight excluding hydrogens is 364 g/mol.